The number of aliphatic hydroxyl groups excluding tert-OH is 1. The van der Waals surface area contributed by atoms with E-state index >= 15 is 0 Å². The number of hydrogen-bond acceptors (Lipinski definition) is 6. The second kappa shape index (κ2) is 9.07. The molecule has 2 aromatic carbocycles. The first-order valence-electron chi connectivity index (χ1n) is 10.5. The minimum Gasteiger partial charge on any atom is -0.395 e. The van der Waals surface area contributed by atoms with Crippen molar-refractivity contribution < 1.29 is 9.90 Å². The Balaban J connectivity index is 1.77. The Bertz CT molecular complexity index is 1250. The van der Waals surface area contributed by atoms with Crippen LogP contribution in [0.1, 0.15) is 22.8 Å². The van der Waals surface area contributed by atoms with Gasteiger partial charge in [0.15, 0.2) is 5.65 Å². The molecular weight excluding hydrogens is 404 g/mol. The maximum atomic E-state index is 12.1. The monoisotopic (exact) mass is 430 g/mol. The van der Waals surface area contributed by atoms with Crippen LogP contribution in [0.3, 0.4) is 0 Å². The largest absolute Gasteiger partial charge is 0.395 e. The number of primary amides is 1. The van der Waals surface area contributed by atoms with Crippen LogP contribution in [0.15, 0.2) is 54.7 Å². The van der Waals surface area contributed by atoms with Crippen LogP contribution < -0.4 is 16.0 Å². The Labute approximate surface area is 186 Å². The molecule has 0 atom stereocenters. The number of aliphatic hydroxyl groups is 1. The topological polar surface area (TPSA) is 120 Å². The maximum Gasteiger partial charge on any atom is 0.252 e. The fraction of sp³-hybridized carbons (Fsp3) is 0.208. The molecule has 0 bridgehead atoms. The molecule has 5 N–H and O–H groups in total. The van der Waals surface area contributed by atoms with Crippen LogP contribution in [0, 0.1) is 0 Å². The number of carbonyl (C=O) groups is 1. The molecular formula is C24H26N6O2. The summed E-state index contributed by atoms with van der Waals surface area (Å²) in [6.07, 6.45) is 2.30. The number of H-pyrrole nitrogens is 1. The average molecular weight is 431 g/mol. The van der Waals surface area contributed by atoms with Gasteiger partial charge in [0, 0.05) is 36.7 Å². The van der Waals surface area contributed by atoms with Crippen LogP contribution in [-0.4, -0.2) is 46.2 Å². The number of fused-ring (bicyclic) bond motifs is 1. The molecule has 8 heteroatoms. The number of nitrogens with two attached hydrogens (primary N) is 1. The van der Waals surface area contributed by atoms with E-state index < -0.39 is 5.91 Å². The van der Waals surface area contributed by atoms with Crippen LogP contribution in [0.4, 0.5) is 17.1 Å². The van der Waals surface area contributed by atoms with E-state index in [4.69, 9.17) is 10.8 Å². The summed E-state index contributed by atoms with van der Waals surface area (Å²) in [6, 6.07) is 15.8. The number of nitrogens with one attached hydrogen (secondary N) is 2. The van der Waals surface area contributed by atoms with E-state index in [1.807, 2.05) is 60.5 Å². The van der Waals surface area contributed by atoms with Crippen molar-refractivity contribution in [1.82, 2.24) is 15.0 Å². The summed E-state index contributed by atoms with van der Waals surface area (Å²) in [6.45, 7) is 2.72. The van der Waals surface area contributed by atoms with Crippen molar-refractivity contribution in [1.29, 1.82) is 0 Å². The Morgan fingerprint density at radius 2 is 1.94 bits per heavy atom. The number of hydrogen-bond donors (Lipinski definition) is 4. The molecule has 0 aliphatic rings. The van der Waals surface area contributed by atoms with Gasteiger partial charge in [-0.15, -0.1) is 0 Å². The maximum absolute atomic E-state index is 12.1. The third kappa shape index (κ3) is 4.13. The number of nitrogens with zero attached hydrogens (tertiary/aromatic N) is 3. The SMILES string of the molecule is CCc1ccccc1Nc1c(C(N)=O)cnc2nc(-c3ccc(N(C)CCO)cc3)[nH]c12. The Morgan fingerprint density at radius 1 is 1.19 bits per heavy atom. The molecule has 1 amide bonds. The van der Waals surface area contributed by atoms with E-state index in [0.29, 0.717) is 34.8 Å². The number of likely N-dealkylation sites (N-methyl/N-ethyl adjacent to an activating group) is 1. The molecule has 164 valence electrons. The van der Waals surface area contributed by atoms with Gasteiger partial charge in [-0.25, -0.2) is 9.97 Å². The standard InChI is InChI=1S/C24H26N6O2/c1-3-15-6-4-5-7-19(15)27-20-18(22(25)32)14-26-24-21(20)28-23(29-24)16-8-10-17(11-9-16)30(2)12-13-31/h4-11,14,31H,3,12-13H2,1-2H3,(H2,25,32)(H2,26,27,28,29). The van der Waals surface area contributed by atoms with Gasteiger partial charge in [-0.05, 0) is 42.3 Å². The summed E-state index contributed by atoms with van der Waals surface area (Å²) in [5, 5.41) is 12.5. The van der Waals surface area contributed by atoms with Gasteiger partial charge >= 0.3 is 0 Å². The van der Waals surface area contributed by atoms with Crippen LogP contribution in [0.2, 0.25) is 0 Å². The van der Waals surface area contributed by atoms with Crippen molar-refractivity contribution in [3.8, 4) is 11.4 Å². The van der Waals surface area contributed by atoms with E-state index in [0.717, 1.165) is 28.9 Å². The smallest absolute Gasteiger partial charge is 0.252 e. The van der Waals surface area contributed by atoms with Gasteiger partial charge in [0.2, 0.25) is 0 Å². The van der Waals surface area contributed by atoms with Gasteiger partial charge in [0.05, 0.1) is 17.9 Å². The molecule has 8 nitrogen and oxygen atoms in total. The zero-order valence-electron chi connectivity index (χ0n) is 18.1. The number of benzene rings is 2. The lowest BCUT2D eigenvalue weighted by atomic mass is 10.1. The number of aromatic nitrogens is 3. The van der Waals surface area contributed by atoms with Crippen molar-refractivity contribution in [3.05, 3.63) is 65.9 Å². The van der Waals surface area contributed by atoms with Gasteiger partial charge in [0.1, 0.15) is 11.3 Å². The zero-order valence-corrected chi connectivity index (χ0v) is 18.1. The summed E-state index contributed by atoms with van der Waals surface area (Å²) < 4.78 is 0. The highest BCUT2D eigenvalue weighted by molar-refractivity contribution is 6.06. The molecule has 0 radical (unpaired) electrons. The molecule has 0 aliphatic carbocycles. The van der Waals surface area contributed by atoms with Crippen molar-refractivity contribution in [2.75, 3.05) is 30.4 Å². The van der Waals surface area contributed by atoms with Gasteiger partial charge in [-0.3, -0.25) is 4.79 Å². The number of aryl methyl sites for hydroxylation is 1. The van der Waals surface area contributed by atoms with Crippen molar-refractivity contribution in [2.45, 2.75) is 13.3 Å². The Hall–Kier alpha value is -3.91. The highest BCUT2D eigenvalue weighted by atomic mass is 16.3. The number of carbonyl (C=O) groups excluding carboxylic acids is 1. The molecule has 0 aliphatic heterocycles. The minimum atomic E-state index is -0.566. The van der Waals surface area contributed by atoms with E-state index in [-0.39, 0.29) is 6.61 Å². The minimum absolute atomic E-state index is 0.0899. The van der Waals surface area contributed by atoms with Crippen molar-refractivity contribution in [2.24, 2.45) is 5.73 Å². The summed E-state index contributed by atoms with van der Waals surface area (Å²) in [5.74, 6) is 0.0700. The van der Waals surface area contributed by atoms with E-state index in [9.17, 15) is 4.79 Å². The predicted molar refractivity (Wildman–Crippen MR) is 127 cm³/mol. The first-order valence-corrected chi connectivity index (χ1v) is 10.5. The average Bonchev–Trinajstić information content (AvgIpc) is 3.24. The fourth-order valence-electron chi connectivity index (χ4n) is 3.65. The number of amides is 1. The number of aromatic amines is 1. The number of pyridine rings is 1. The molecule has 4 rings (SSSR count). The van der Waals surface area contributed by atoms with E-state index in [2.05, 4.69) is 27.2 Å². The predicted octanol–water partition coefficient (Wildman–Crippen LogP) is 3.46. The summed E-state index contributed by atoms with van der Waals surface area (Å²) in [5.41, 5.74) is 11.5. The number of rotatable bonds is 8. The van der Waals surface area contributed by atoms with Gasteiger partial charge in [0.25, 0.3) is 5.91 Å². The molecule has 0 saturated carbocycles. The fourth-order valence-corrected chi connectivity index (χ4v) is 3.65. The van der Waals surface area contributed by atoms with E-state index in [1.54, 1.807) is 0 Å². The van der Waals surface area contributed by atoms with Crippen molar-refractivity contribution in [3.63, 3.8) is 0 Å². The molecule has 2 aromatic heterocycles. The highest BCUT2D eigenvalue weighted by Crippen LogP contribution is 2.31. The molecule has 0 unspecified atom stereocenters. The van der Waals surface area contributed by atoms with Crippen LogP contribution in [0.25, 0.3) is 22.6 Å². The first-order chi connectivity index (χ1) is 15.5. The van der Waals surface area contributed by atoms with Crippen LogP contribution in [-0.2, 0) is 6.42 Å². The summed E-state index contributed by atoms with van der Waals surface area (Å²) in [7, 11) is 1.92. The van der Waals surface area contributed by atoms with Gasteiger partial charge in [-0.2, -0.15) is 0 Å². The molecule has 0 spiro atoms. The normalized spacial score (nSPS) is 11.0. The number of para-hydroxylation sites is 1. The third-order valence-corrected chi connectivity index (χ3v) is 5.46. The second-order valence-corrected chi connectivity index (χ2v) is 7.52. The zero-order chi connectivity index (χ0) is 22.7. The van der Waals surface area contributed by atoms with E-state index in [1.165, 1.54) is 6.20 Å². The van der Waals surface area contributed by atoms with Crippen LogP contribution in [0.5, 0.6) is 0 Å². The number of anilines is 3. The van der Waals surface area contributed by atoms with Crippen LogP contribution >= 0.6 is 0 Å². The Kier molecular flexibility index (Phi) is 6.04. The highest BCUT2D eigenvalue weighted by Gasteiger charge is 2.18. The second-order valence-electron chi connectivity index (χ2n) is 7.52. The first kappa shape index (κ1) is 21.3. The lowest BCUT2D eigenvalue weighted by molar-refractivity contribution is 0.100. The van der Waals surface area contributed by atoms with Gasteiger partial charge < -0.3 is 26.0 Å². The Morgan fingerprint density at radius 3 is 2.62 bits per heavy atom. The molecule has 32 heavy (non-hydrogen) atoms. The summed E-state index contributed by atoms with van der Waals surface area (Å²) >= 11 is 0. The lowest BCUT2D eigenvalue weighted by Gasteiger charge is -2.17. The summed E-state index contributed by atoms with van der Waals surface area (Å²) in [4.78, 5) is 26.4. The molecule has 4 aromatic rings. The molecule has 0 saturated heterocycles. The molecule has 2 heterocycles. The third-order valence-electron chi connectivity index (χ3n) is 5.46. The van der Waals surface area contributed by atoms with Crippen molar-refractivity contribution >= 4 is 34.1 Å². The molecule has 0 fully saturated rings. The lowest BCUT2D eigenvalue weighted by Crippen LogP contribution is -2.20. The van der Waals surface area contributed by atoms with Gasteiger partial charge in [-0.1, -0.05) is 25.1 Å². The number of imidazole rings is 1. The quantitative estimate of drug-likeness (QED) is 0.340.